The van der Waals surface area contributed by atoms with Crippen LogP contribution in [0.15, 0.2) is 18.2 Å². The van der Waals surface area contributed by atoms with Crippen molar-refractivity contribution in [1.82, 2.24) is 5.32 Å². The average molecular weight is 328 g/mol. The molecule has 3 N–H and O–H groups in total. The maximum absolute atomic E-state index is 13.4. The van der Waals surface area contributed by atoms with Crippen molar-refractivity contribution in [2.75, 3.05) is 11.9 Å². The summed E-state index contributed by atoms with van der Waals surface area (Å²) >= 11 is 0. The van der Waals surface area contributed by atoms with Gasteiger partial charge >= 0.3 is 11.8 Å². The number of anilines is 1. The molecule has 0 aliphatic carbocycles. The van der Waals surface area contributed by atoms with Crippen LogP contribution in [0, 0.1) is 11.6 Å². The highest BCUT2D eigenvalue weighted by molar-refractivity contribution is 6.39. The maximum Gasteiger partial charge on any atom is 0.313 e. The lowest BCUT2D eigenvalue weighted by Gasteiger charge is -2.27. The molecule has 0 aliphatic rings. The van der Waals surface area contributed by atoms with Crippen LogP contribution in [0.3, 0.4) is 0 Å². The topological polar surface area (TPSA) is 78.4 Å². The lowest BCUT2D eigenvalue weighted by atomic mass is 9.92. The number of amides is 2. The monoisotopic (exact) mass is 328 g/mol. The molecule has 0 spiro atoms. The molecule has 0 unspecified atom stereocenters. The van der Waals surface area contributed by atoms with E-state index in [1.807, 2.05) is 19.2 Å². The van der Waals surface area contributed by atoms with E-state index in [0.29, 0.717) is 12.8 Å². The van der Waals surface area contributed by atoms with Crippen molar-refractivity contribution in [2.24, 2.45) is 0 Å². The Balaban J connectivity index is 2.63. The van der Waals surface area contributed by atoms with E-state index >= 15 is 0 Å². The molecule has 5 nitrogen and oxygen atoms in total. The van der Waals surface area contributed by atoms with Gasteiger partial charge in [-0.15, -0.1) is 0 Å². The van der Waals surface area contributed by atoms with Gasteiger partial charge in [-0.2, -0.15) is 0 Å². The number of benzene rings is 1. The highest BCUT2D eigenvalue weighted by atomic mass is 19.2. The number of hydrogen-bond donors (Lipinski definition) is 3. The van der Waals surface area contributed by atoms with Crippen LogP contribution in [-0.2, 0) is 9.59 Å². The van der Waals surface area contributed by atoms with Gasteiger partial charge in [-0.3, -0.25) is 9.59 Å². The first kappa shape index (κ1) is 19.0. The van der Waals surface area contributed by atoms with Gasteiger partial charge in [-0.25, -0.2) is 8.78 Å². The molecule has 0 saturated carbocycles. The summed E-state index contributed by atoms with van der Waals surface area (Å²) in [5, 5.41) is 14.7. The molecule has 0 aliphatic heterocycles. The summed E-state index contributed by atoms with van der Waals surface area (Å²) in [5.74, 6) is -4.49. The summed E-state index contributed by atoms with van der Waals surface area (Å²) in [7, 11) is 0. The zero-order valence-corrected chi connectivity index (χ0v) is 13.3. The van der Waals surface area contributed by atoms with Crippen molar-refractivity contribution in [3.63, 3.8) is 0 Å². The molecule has 0 bridgehead atoms. The number of halogens is 2. The van der Waals surface area contributed by atoms with Gasteiger partial charge in [0.1, 0.15) is 0 Å². The average Bonchev–Trinajstić information content (AvgIpc) is 2.50. The van der Waals surface area contributed by atoms with E-state index in [2.05, 4.69) is 5.32 Å². The Morgan fingerprint density at radius 3 is 2.30 bits per heavy atom. The first-order chi connectivity index (χ1) is 10.8. The predicted molar refractivity (Wildman–Crippen MR) is 82.8 cm³/mol. The minimum Gasteiger partial charge on any atom is -0.388 e. The largest absolute Gasteiger partial charge is 0.388 e. The van der Waals surface area contributed by atoms with Gasteiger partial charge in [0.05, 0.1) is 11.3 Å². The molecule has 0 atom stereocenters. The SMILES string of the molecule is CCCC(O)(CCC)CNC(=O)C(=O)Nc1cccc(F)c1F. The van der Waals surface area contributed by atoms with Gasteiger partial charge in [0.15, 0.2) is 11.6 Å². The highest BCUT2D eigenvalue weighted by Gasteiger charge is 2.27. The van der Waals surface area contributed by atoms with Gasteiger partial charge in [0.2, 0.25) is 0 Å². The second-order valence-corrected chi connectivity index (χ2v) is 5.46. The lowest BCUT2D eigenvalue weighted by molar-refractivity contribution is -0.137. The van der Waals surface area contributed by atoms with Crippen LogP contribution >= 0.6 is 0 Å². The number of carbonyl (C=O) groups is 2. The normalized spacial score (nSPS) is 11.2. The van der Waals surface area contributed by atoms with E-state index in [0.717, 1.165) is 25.0 Å². The van der Waals surface area contributed by atoms with E-state index in [-0.39, 0.29) is 6.54 Å². The Kier molecular flexibility index (Phi) is 7.09. The molecule has 128 valence electrons. The van der Waals surface area contributed by atoms with E-state index in [4.69, 9.17) is 0 Å². The Morgan fingerprint density at radius 2 is 1.74 bits per heavy atom. The van der Waals surface area contributed by atoms with Crippen LogP contribution in [0.4, 0.5) is 14.5 Å². The first-order valence-electron chi connectivity index (χ1n) is 7.58. The van der Waals surface area contributed by atoms with Gasteiger partial charge in [-0.1, -0.05) is 32.8 Å². The first-order valence-corrected chi connectivity index (χ1v) is 7.58. The molecule has 2 amide bonds. The van der Waals surface area contributed by atoms with E-state index < -0.39 is 34.7 Å². The molecule has 1 aromatic rings. The molecule has 1 rings (SSSR count). The van der Waals surface area contributed by atoms with Crippen molar-refractivity contribution in [2.45, 2.75) is 45.1 Å². The summed E-state index contributed by atoms with van der Waals surface area (Å²) in [5.41, 5.74) is -1.49. The molecule has 0 radical (unpaired) electrons. The molecular formula is C16H22F2N2O3. The quantitative estimate of drug-likeness (QED) is 0.672. The zero-order valence-electron chi connectivity index (χ0n) is 13.3. The van der Waals surface area contributed by atoms with Crippen LogP contribution in [0.25, 0.3) is 0 Å². The van der Waals surface area contributed by atoms with Crippen LogP contribution < -0.4 is 10.6 Å². The van der Waals surface area contributed by atoms with Crippen molar-refractivity contribution < 1.29 is 23.5 Å². The molecule has 0 fully saturated rings. The van der Waals surface area contributed by atoms with Crippen molar-refractivity contribution in [1.29, 1.82) is 0 Å². The number of nitrogens with one attached hydrogen (secondary N) is 2. The molecule has 0 aromatic heterocycles. The second kappa shape index (κ2) is 8.57. The van der Waals surface area contributed by atoms with Crippen LogP contribution in [0.5, 0.6) is 0 Å². The van der Waals surface area contributed by atoms with E-state index in [1.54, 1.807) is 0 Å². The molecule has 7 heteroatoms. The van der Waals surface area contributed by atoms with Gasteiger partial charge in [0.25, 0.3) is 0 Å². The highest BCUT2D eigenvalue weighted by Crippen LogP contribution is 2.19. The Hall–Kier alpha value is -2.02. The number of carbonyl (C=O) groups excluding carboxylic acids is 2. The van der Waals surface area contributed by atoms with E-state index in [1.165, 1.54) is 6.07 Å². The number of hydrogen-bond acceptors (Lipinski definition) is 3. The van der Waals surface area contributed by atoms with Gasteiger partial charge < -0.3 is 15.7 Å². The molecule has 0 saturated heterocycles. The van der Waals surface area contributed by atoms with Crippen LogP contribution in [0.1, 0.15) is 39.5 Å². The number of rotatable bonds is 7. The van der Waals surface area contributed by atoms with Crippen molar-refractivity contribution >= 4 is 17.5 Å². The van der Waals surface area contributed by atoms with Crippen molar-refractivity contribution in [3.8, 4) is 0 Å². The predicted octanol–water partition coefficient (Wildman–Crippen LogP) is 2.35. The second-order valence-electron chi connectivity index (χ2n) is 5.46. The Labute approximate surface area is 134 Å². The number of aliphatic hydroxyl groups is 1. The molecule has 23 heavy (non-hydrogen) atoms. The Morgan fingerprint density at radius 1 is 1.13 bits per heavy atom. The summed E-state index contributed by atoms with van der Waals surface area (Å²) in [6.07, 6.45) is 2.43. The van der Waals surface area contributed by atoms with Crippen LogP contribution in [0.2, 0.25) is 0 Å². The third-order valence-electron chi connectivity index (χ3n) is 3.41. The summed E-state index contributed by atoms with van der Waals surface area (Å²) < 4.78 is 26.5. The fourth-order valence-corrected chi connectivity index (χ4v) is 2.34. The minimum atomic E-state index is -1.23. The summed E-state index contributed by atoms with van der Waals surface area (Å²) in [4.78, 5) is 23.5. The summed E-state index contributed by atoms with van der Waals surface area (Å²) in [6.45, 7) is 3.73. The third kappa shape index (κ3) is 5.59. The van der Waals surface area contributed by atoms with Gasteiger partial charge in [-0.05, 0) is 25.0 Å². The smallest absolute Gasteiger partial charge is 0.313 e. The molecule has 1 aromatic carbocycles. The zero-order chi connectivity index (χ0) is 17.5. The molecular weight excluding hydrogens is 306 g/mol. The maximum atomic E-state index is 13.4. The van der Waals surface area contributed by atoms with Crippen LogP contribution in [-0.4, -0.2) is 29.1 Å². The van der Waals surface area contributed by atoms with Gasteiger partial charge in [0, 0.05) is 6.54 Å². The standard InChI is InChI=1S/C16H22F2N2O3/c1-3-8-16(23,9-4-2)10-19-14(21)15(22)20-12-7-5-6-11(17)13(12)18/h5-7,23H,3-4,8-10H2,1-2H3,(H,19,21)(H,20,22). The fraction of sp³-hybridized carbons (Fsp3) is 0.500. The van der Waals surface area contributed by atoms with Crippen molar-refractivity contribution in [3.05, 3.63) is 29.8 Å². The third-order valence-corrected chi connectivity index (χ3v) is 3.41. The Bertz CT molecular complexity index is 558. The minimum absolute atomic E-state index is 0.0768. The van der Waals surface area contributed by atoms with E-state index in [9.17, 15) is 23.5 Å². The fourth-order valence-electron chi connectivity index (χ4n) is 2.34. The lowest BCUT2D eigenvalue weighted by Crippen LogP contribution is -2.46. The molecule has 0 heterocycles. The summed E-state index contributed by atoms with van der Waals surface area (Å²) in [6, 6.07) is 3.27.